The molecule has 3 aromatic rings. The fourth-order valence-corrected chi connectivity index (χ4v) is 2.15. The molecule has 140 valence electrons. The van der Waals surface area contributed by atoms with Crippen LogP contribution in [0.2, 0.25) is 0 Å². The normalized spacial score (nSPS) is 10.8. The second-order valence-corrected chi connectivity index (χ2v) is 5.54. The molecule has 0 saturated heterocycles. The lowest BCUT2D eigenvalue weighted by Gasteiger charge is -2.09. The van der Waals surface area contributed by atoms with E-state index in [1.807, 2.05) is 6.07 Å². The van der Waals surface area contributed by atoms with Crippen molar-refractivity contribution in [1.82, 2.24) is 4.98 Å². The largest absolute Gasteiger partial charge is 0.439 e. The molecule has 0 amide bonds. The number of carbonyl (C=O) groups is 1. The summed E-state index contributed by atoms with van der Waals surface area (Å²) in [7, 11) is 0. The van der Waals surface area contributed by atoms with Crippen LogP contribution in [0, 0.1) is 11.3 Å². The average molecular weight is 384 g/mol. The van der Waals surface area contributed by atoms with Crippen LogP contribution < -0.4 is 9.47 Å². The first-order chi connectivity index (χ1) is 13.3. The van der Waals surface area contributed by atoms with Gasteiger partial charge in [-0.25, -0.2) is 9.78 Å². The average Bonchev–Trinajstić information content (AvgIpc) is 2.69. The zero-order chi connectivity index (χ0) is 20.1. The van der Waals surface area contributed by atoms with Gasteiger partial charge in [-0.15, -0.1) is 0 Å². The summed E-state index contributed by atoms with van der Waals surface area (Å²) in [4.78, 5) is 15.7. The van der Waals surface area contributed by atoms with Crippen LogP contribution in [-0.4, -0.2) is 11.0 Å². The molecule has 0 aliphatic carbocycles. The third-order valence-corrected chi connectivity index (χ3v) is 3.57. The first kappa shape index (κ1) is 18.9. The predicted octanol–water partition coefficient (Wildman–Crippen LogP) is 4.98. The molecule has 0 bridgehead atoms. The Hall–Kier alpha value is -3.86. The summed E-state index contributed by atoms with van der Waals surface area (Å²) >= 11 is 0. The number of nitrogens with zero attached hydrogens (tertiary/aromatic N) is 2. The number of ether oxygens (including phenoxy) is 2. The molecule has 0 unspecified atom stereocenters. The number of carbonyl (C=O) groups excluding carboxylic acids is 1. The zero-order valence-electron chi connectivity index (χ0n) is 14.1. The fourth-order valence-electron chi connectivity index (χ4n) is 2.15. The van der Waals surface area contributed by atoms with Crippen molar-refractivity contribution in [3.05, 3.63) is 83.6 Å². The number of halogens is 3. The van der Waals surface area contributed by atoms with Crippen LogP contribution in [-0.2, 0) is 6.18 Å². The van der Waals surface area contributed by atoms with Gasteiger partial charge in [0.05, 0.1) is 22.8 Å². The Bertz CT molecular complexity index is 1010. The lowest BCUT2D eigenvalue weighted by molar-refractivity contribution is -0.137. The highest BCUT2D eigenvalue weighted by Gasteiger charge is 2.30. The Balaban J connectivity index is 1.63. The lowest BCUT2D eigenvalue weighted by Crippen LogP contribution is -2.08. The van der Waals surface area contributed by atoms with E-state index in [0.717, 1.165) is 12.1 Å². The lowest BCUT2D eigenvalue weighted by atomic mass is 10.1. The summed E-state index contributed by atoms with van der Waals surface area (Å²) in [6.07, 6.45) is -3.78. The van der Waals surface area contributed by atoms with E-state index in [9.17, 15) is 18.0 Å². The molecule has 0 spiro atoms. The molecular weight excluding hydrogens is 373 g/mol. The Morgan fingerprint density at radius 2 is 1.57 bits per heavy atom. The highest BCUT2D eigenvalue weighted by Crippen LogP contribution is 2.30. The monoisotopic (exact) mass is 384 g/mol. The third kappa shape index (κ3) is 4.65. The summed E-state index contributed by atoms with van der Waals surface area (Å²) in [6, 6.07) is 15.8. The molecule has 0 radical (unpaired) electrons. The van der Waals surface area contributed by atoms with Crippen LogP contribution in [0.15, 0.2) is 66.9 Å². The highest BCUT2D eigenvalue weighted by molar-refractivity contribution is 5.91. The maximum atomic E-state index is 12.5. The second-order valence-electron chi connectivity index (χ2n) is 5.54. The fraction of sp³-hybridized carbons (Fsp3) is 0.0500. The molecule has 1 aromatic heterocycles. The van der Waals surface area contributed by atoms with Crippen LogP contribution in [0.3, 0.4) is 0 Å². The molecule has 0 fully saturated rings. The van der Waals surface area contributed by atoms with Crippen LogP contribution in [0.25, 0.3) is 0 Å². The van der Waals surface area contributed by atoms with Gasteiger partial charge in [0.15, 0.2) is 0 Å². The number of esters is 1. The Kier molecular flexibility index (Phi) is 5.27. The number of aromatic nitrogens is 1. The molecule has 3 rings (SSSR count). The SMILES string of the molecule is N#Cc1ccc(C(=O)Oc2ccc(Oc3ccc(C(F)(F)F)cn3)cc2)cc1. The van der Waals surface area contributed by atoms with Crippen molar-refractivity contribution in [1.29, 1.82) is 5.26 Å². The van der Waals surface area contributed by atoms with Gasteiger partial charge >= 0.3 is 12.1 Å². The second kappa shape index (κ2) is 7.80. The van der Waals surface area contributed by atoms with E-state index in [-0.39, 0.29) is 17.2 Å². The third-order valence-electron chi connectivity index (χ3n) is 3.57. The van der Waals surface area contributed by atoms with Crippen molar-refractivity contribution in [2.45, 2.75) is 6.18 Å². The van der Waals surface area contributed by atoms with Gasteiger partial charge in [-0.3, -0.25) is 0 Å². The van der Waals surface area contributed by atoms with Gasteiger partial charge in [0.1, 0.15) is 11.5 Å². The van der Waals surface area contributed by atoms with Crippen molar-refractivity contribution in [3.63, 3.8) is 0 Å². The van der Waals surface area contributed by atoms with E-state index >= 15 is 0 Å². The maximum absolute atomic E-state index is 12.5. The minimum Gasteiger partial charge on any atom is -0.439 e. The zero-order valence-corrected chi connectivity index (χ0v) is 14.1. The molecule has 1 heterocycles. The first-order valence-electron chi connectivity index (χ1n) is 7.89. The molecular formula is C20H11F3N2O3. The van der Waals surface area contributed by atoms with Gasteiger partial charge in [-0.05, 0) is 54.6 Å². The van der Waals surface area contributed by atoms with Gasteiger partial charge in [-0.1, -0.05) is 0 Å². The first-order valence-corrected chi connectivity index (χ1v) is 7.89. The molecule has 8 heteroatoms. The van der Waals surface area contributed by atoms with E-state index < -0.39 is 17.7 Å². The van der Waals surface area contributed by atoms with Gasteiger partial charge in [0.25, 0.3) is 0 Å². The summed E-state index contributed by atoms with van der Waals surface area (Å²) in [5, 5.41) is 8.75. The molecule has 0 saturated carbocycles. The van der Waals surface area contributed by atoms with E-state index in [2.05, 4.69) is 4.98 Å². The van der Waals surface area contributed by atoms with E-state index in [1.165, 1.54) is 48.5 Å². The highest BCUT2D eigenvalue weighted by atomic mass is 19.4. The number of hydrogen-bond acceptors (Lipinski definition) is 5. The number of hydrogen-bond donors (Lipinski definition) is 0. The Labute approximate surface area is 157 Å². The number of benzene rings is 2. The van der Waals surface area contributed by atoms with Crippen molar-refractivity contribution in [2.75, 3.05) is 0 Å². The van der Waals surface area contributed by atoms with Crippen LogP contribution in [0.4, 0.5) is 13.2 Å². The number of nitriles is 1. The standard InChI is InChI=1S/C20H11F3N2O3/c21-20(22,23)15-5-10-18(25-12-15)27-16-6-8-17(9-7-16)28-19(26)14-3-1-13(11-24)2-4-14/h1-10,12H. The summed E-state index contributed by atoms with van der Waals surface area (Å²) in [6.45, 7) is 0. The molecule has 0 N–H and O–H groups in total. The Morgan fingerprint density at radius 1 is 0.929 bits per heavy atom. The minimum atomic E-state index is -4.47. The van der Waals surface area contributed by atoms with Gasteiger partial charge < -0.3 is 9.47 Å². The molecule has 2 aromatic carbocycles. The summed E-state index contributed by atoms with van der Waals surface area (Å²) in [5.41, 5.74) is -0.159. The molecule has 28 heavy (non-hydrogen) atoms. The van der Waals surface area contributed by atoms with Gasteiger partial charge in [-0.2, -0.15) is 18.4 Å². The number of alkyl halides is 3. The molecule has 0 aliphatic heterocycles. The van der Waals surface area contributed by atoms with Crippen LogP contribution >= 0.6 is 0 Å². The smallest absolute Gasteiger partial charge is 0.417 e. The molecule has 0 aliphatic rings. The van der Waals surface area contributed by atoms with Gasteiger partial charge in [0.2, 0.25) is 5.88 Å². The van der Waals surface area contributed by atoms with Crippen molar-refractivity contribution in [3.8, 4) is 23.4 Å². The summed E-state index contributed by atoms with van der Waals surface area (Å²) in [5.74, 6) is -0.0367. The van der Waals surface area contributed by atoms with Crippen molar-refractivity contribution in [2.24, 2.45) is 0 Å². The minimum absolute atomic E-state index is 0.00433. The van der Waals surface area contributed by atoms with Gasteiger partial charge in [0, 0.05) is 12.3 Å². The number of pyridine rings is 1. The van der Waals surface area contributed by atoms with E-state index in [4.69, 9.17) is 14.7 Å². The number of rotatable bonds is 4. The molecule has 0 atom stereocenters. The quantitative estimate of drug-likeness (QED) is 0.468. The molecule has 5 nitrogen and oxygen atoms in total. The van der Waals surface area contributed by atoms with Crippen molar-refractivity contribution >= 4 is 5.97 Å². The van der Waals surface area contributed by atoms with Crippen LogP contribution in [0.5, 0.6) is 17.4 Å². The van der Waals surface area contributed by atoms with E-state index in [1.54, 1.807) is 0 Å². The predicted molar refractivity (Wildman–Crippen MR) is 91.9 cm³/mol. The van der Waals surface area contributed by atoms with Crippen LogP contribution in [0.1, 0.15) is 21.5 Å². The topological polar surface area (TPSA) is 72.2 Å². The van der Waals surface area contributed by atoms with E-state index in [0.29, 0.717) is 17.5 Å². The van der Waals surface area contributed by atoms with Crippen molar-refractivity contribution < 1.29 is 27.4 Å². The summed E-state index contributed by atoms with van der Waals surface area (Å²) < 4.78 is 48.1. The maximum Gasteiger partial charge on any atom is 0.417 e. The Morgan fingerprint density at radius 3 is 2.11 bits per heavy atom.